The fourth-order valence-electron chi connectivity index (χ4n) is 7.52. The van der Waals surface area contributed by atoms with E-state index in [1.165, 1.54) is 62.5 Å². The van der Waals surface area contributed by atoms with Gasteiger partial charge >= 0.3 is 11.8 Å². The van der Waals surface area contributed by atoms with Gasteiger partial charge in [0.15, 0.2) is 0 Å². The summed E-state index contributed by atoms with van der Waals surface area (Å²) in [6.07, 6.45) is 67.6. The predicted octanol–water partition coefficient (Wildman–Crippen LogP) is 14.2. The Morgan fingerprint density at radius 2 is 0.845 bits per heavy atom. The van der Waals surface area contributed by atoms with Crippen molar-refractivity contribution < 1.29 is 72.2 Å². The van der Waals surface area contributed by atoms with Gasteiger partial charge in [-0.05, 0) is 148 Å². The van der Waals surface area contributed by atoms with Crippen LogP contribution in [0.3, 0.4) is 0 Å². The second kappa shape index (κ2) is 64.8. The molecule has 1 rings (SSSR count). The zero-order valence-corrected chi connectivity index (χ0v) is 57.6. The van der Waals surface area contributed by atoms with Crippen LogP contribution in [-0.4, -0.2) is 108 Å². The number of aliphatic hydroxyl groups is 6. The summed E-state index contributed by atoms with van der Waals surface area (Å²) in [5, 5.41) is 56.9. The lowest BCUT2D eigenvalue weighted by atomic mass is 10.1. The molecule has 0 spiro atoms. The summed E-state index contributed by atoms with van der Waals surface area (Å²) in [4.78, 5) is 53.5. The van der Waals surface area contributed by atoms with Crippen molar-refractivity contribution in [3.63, 3.8) is 0 Å². The van der Waals surface area contributed by atoms with E-state index in [1.807, 2.05) is 55.2 Å². The molecule has 0 radical (unpaired) electrons. The van der Waals surface area contributed by atoms with Gasteiger partial charge in [0, 0.05) is 83.5 Å². The zero-order chi connectivity index (χ0) is 74.0. The number of unbranched alkanes of at least 4 members (excludes halogenated alkanes) is 3. The van der Waals surface area contributed by atoms with E-state index in [4.69, 9.17) is 32.1 Å². The number of allylic oxidation sites excluding steroid dienone is 17. The highest BCUT2D eigenvalue weighted by atomic mass is 19.3. The van der Waals surface area contributed by atoms with Crippen molar-refractivity contribution in [3.8, 4) is 97.2 Å². The number of terminal acetylenes is 5. The first-order valence-corrected chi connectivity index (χ1v) is 32.4. The van der Waals surface area contributed by atoms with Crippen molar-refractivity contribution in [3.05, 3.63) is 133 Å². The zero-order valence-electron chi connectivity index (χ0n) is 57.6. The van der Waals surface area contributed by atoms with Crippen LogP contribution < -0.4 is 0 Å². The largest absolute Gasteiger partial charge is 0.393 e. The van der Waals surface area contributed by atoms with Gasteiger partial charge in [-0.25, -0.2) is 0 Å². The normalized spacial score (nSPS) is 15.4. The number of ketones is 5. The van der Waals surface area contributed by atoms with Crippen molar-refractivity contribution in [2.24, 2.45) is 11.8 Å². The first kappa shape index (κ1) is 94.8. The van der Waals surface area contributed by atoms with Crippen LogP contribution in [0.25, 0.3) is 0 Å². The minimum atomic E-state index is -3.09. The lowest BCUT2D eigenvalue weighted by Gasteiger charge is -2.08. The number of aliphatic hydroxyl groups excluding tert-OH is 6. The molecule has 0 amide bonds. The van der Waals surface area contributed by atoms with Crippen molar-refractivity contribution in [2.75, 3.05) is 0 Å². The van der Waals surface area contributed by atoms with E-state index in [2.05, 4.69) is 59.4 Å². The third-order valence-electron chi connectivity index (χ3n) is 12.7. The fourth-order valence-corrected chi connectivity index (χ4v) is 7.52. The molecule has 1 saturated carbocycles. The number of carbonyl (C=O) groups is 5. The fraction of sp³-hybridized carbons (Fsp3) is 0.476. The molecular formula is C82H104F4O11. The van der Waals surface area contributed by atoms with Crippen LogP contribution in [0.2, 0.25) is 0 Å². The topological polar surface area (TPSA) is 207 Å². The van der Waals surface area contributed by atoms with E-state index in [1.54, 1.807) is 57.2 Å². The maximum atomic E-state index is 13.2. The van der Waals surface area contributed by atoms with Gasteiger partial charge in [-0.15, -0.1) is 61.7 Å². The maximum absolute atomic E-state index is 13.2. The molecule has 1 unspecified atom stereocenters. The summed E-state index contributed by atoms with van der Waals surface area (Å²) < 4.78 is 52.9. The summed E-state index contributed by atoms with van der Waals surface area (Å²) in [6.45, 7) is 9.38. The van der Waals surface area contributed by atoms with E-state index in [9.17, 15) is 72.2 Å². The SMILES string of the molecule is C#CCC/C=C/C=C/C#CCCCCC(C)=O.C#CC[C@@H](O)/C=C/C=C/C#CC(F)(F)CCCC(C)=O.C#CC[C@@H](O)/C=C/C=C/C#CC(F)(F)CCCC(C)=O.C#CC[C@@H](O)/C=C/C=C/C(C)=C\C(O)CCCC(C)=O.C#CC[C@@H](O)/C=C/C=C/[C@@H]1C[C@@H]1[C@@H](O)CCCC(C)=O. The number of rotatable bonds is 39. The molecule has 0 heterocycles. The van der Waals surface area contributed by atoms with Crippen molar-refractivity contribution in [1.29, 1.82) is 0 Å². The summed E-state index contributed by atoms with van der Waals surface area (Å²) in [7, 11) is 0. The monoisotopic (exact) mass is 1340 g/mol. The minimum Gasteiger partial charge on any atom is -0.393 e. The molecule has 15 heteroatoms. The van der Waals surface area contributed by atoms with Gasteiger partial charge in [0.2, 0.25) is 0 Å². The van der Waals surface area contributed by atoms with E-state index < -0.39 is 55.2 Å². The van der Waals surface area contributed by atoms with Crippen LogP contribution in [0.4, 0.5) is 17.6 Å². The lowest BCUT2D eigenvalue weighted by molar-refractivity contribution is -0.118. The molecule has 0 saturated heterocycles. The summed E-state index contributed by atoms with van der Waals surface area (Å²) in [6, 6.07) is 0. The average molecular weight is 1340 g/mol. The van der Waals surface area contributed by atoms with Crippen molar-refractivity contribution in [1.82, 2.24) is 0 Å². The number of hydrogen-bond donors (Lipinski definition) is 6. The second-order valence-electron chi connectivity index (χ2n) is 22.5. The molecule has 97 heavy (non-hydrogen) atoms. The van der Waals surface area contributed by atoms with E-state index >= 15 is 0 Å². The van der Waals surface area contributed by atoms with Crippen LogP contribution in [-0.2, 0) is 24.0 Å². The quantitative estimate of drug-likeness (QED) is 0.0148. The Labute approximate surface area is 578 Å². The van der Waals surface area contributed by atoms with Gasteiger partial charge in [-0.3, -0.25) is 0 Å². The molecule has 11 nitrogen and oxygen atoms in total. The third kappa shape index (κ3) is 76.4. The number of alkyl halides is 4. The van der Waals surface area contributed by atoms with E-state index in [0.717, 1.165) is 50.5 Å². The summed E-state index contributed by atoms with van der Waals surface area (Å²) >= 11 is 0. The smallest absolute Gasteiger partial charge is 0.308 e. The molecule has 1 fully saturated rings. The van der Waals surface area contributed by atoms with Crippen LogP contribution >= 0.6 is 0 Å². The average Bonchev–Trinajstić information content (AvgIpc) is 1.68. The third-order valence-corrected chi connectivity index (χ3v) is 12.7. The molecule has 6 N–H and O–H groups in total. The number of hydrogen-bond acceptors (Lipinski definition) is 11. The molecule has 0 aromatic rings. The van der Waals surface area contributed by atoms with Gasteiger partial charge in [0.05, 0.1) is 36.6 Å². The Morgan fingerprint density at radius 1 is 0.454 bits per heavy atom. The van der Waals surface area contributed by atoms with Gasteiger partial charge in [0.1, 0.15) is 28.9 Å². The van der Waals surface area contributed by atoms with E-state index in [0.29, 0.717) is 63.2 Å². The van der Waals surface area contributed by atoms with Crippen LogP contribution in [0, 0.1) is 109 Å². The van der Waals surface area contributed by atoms with Crippen molar-refractivity contribution >= 4 is 28.9 Å². The van der Waals surface area contributed by atoms with Gasteiger partial charge in [-0.1, -0.05) is 139 Å². The standard InChI is InChI=1S/2C17H24O3.2C16H18F2O2.C16H20O/c1-3-7-15(19)10-5-4-9-14-12-16(14)17(20)11-6-8-13(2)18;1-4-8-16(19)11-6-5-9-14(2)13-17(20)12-7-10-15(3)18;2*1-3-9-15(20)11-6-4-5-7-12-16(17,18)13-8-10-14(2)19;1-3-4-5-6-7-8-9-10-11-12-13-14-15-16(2)17/h1,4-5,9-10,14-17,19-20H,6-8,11-12H2,2H3;1,5-6,9,11,13,16-17,19-20H,7-8,10,12H2,2-3H3;2*1,4-6,11,15,20H,8-10,13H2,2H3;1,6-9H,4-5,12-15H2,2H3/b9-4+,10-5+;9-5+,11-6+,14-13-;2*5-4+,11-6+;7-6+,9-8+/t14-,15-,16+,17+;16-,17?;2*15-;/m1111./s1. The highest BCUT2D eigenvalue weighted by Gasteiger charge is 2.40. The minimum absolute atomic E-state index is 0.107. The molecular weight excluding hydrogens is 1240 g/mol. The first-order chi connectivity index (χ1) is 46.0. The Morgan fingerprint density at radius 3 is 1.28 bits per heavy atom. The Kier molecular flexibility index (Phi) is 63.3. The number of halogens is 4. The summed E-state index contributed by atoms with van der Waals surface area (Å²) in [5.74, 6) is 21.0. The highest BCUT2D eigenvalue weighted by Crippen LogP contribution is 2.43. The van der Waals surface area contributed by atoms with Gasteiger partial charge in [-0.2, -0.15) is 17.6 Å². The Hall–Kier alpha value is -8.55. The molecule has 1 aliphatic carbocycles. The molecule has 1 aliphatic rings. The Bertz CT molecular complexity index is 2950. The molecule has 0 aliphatic heterocycles. The molecule has 526 valence electrons. The van der Waals surface area contributed by atoms with Crippen LogP contribution in [0.1, 0.15) is 189 Å². The molecule has 0 aromatic carbocycles. The lowest BCUT2D eigenvalue weighted by Crippen LogP contribution is -2.12. The molecule has 0 bridgehead atoms. The van der Waals surface area contributed by atoms with E-state index in [-0.39, 0.29) is 73.5 Å². The molecule has 8 atom stereocenters. The van der Waals surface area contributed by atoms with Gasteiger partial charge in [0.25, 0.3) is 0 Å². The highest BCUT2D eigenvalue weighted by molar-refractivity contribution is 5.76. The second-order valence-corrected chi connectivity index (χ2v) is 22.5. The predicted molar refractivity (Wildman–Crippen MR) is 385 cm³/mol. The van der Waals surface area contributed by atoms with Crippen LogP contribution in [0.5, 0.6) is 0 Å². The van der Waals surface area contributed by atoms with Crippen LogP contribution in [0.15, 0.2) is 133 Å². The Balaban J connectivity index is -0.000000558. The first-order valence-electron chi connectivity index (χ1n) is 32.4. The number of Topliss-reactive ketones (excluding diaryl/α,β-unsaturated/α-hetero) is 5. The molecule has 0 aromatic heterocycles. The summed E-state index contributed by atoms with van der Waals surface area (Å²) in [5.41, 5.74) is 0.927. The maximum Gasteiger partial charge on any atom is 0.308 e. The number of carbonyl (C=O) groups excluding carboxylic acids is 5. The van der Waals surface area contributed by atoms with Gasteiger partial charge < -0.3 is 54.6 Å². The van der Waals surface area contributed by atoms with Crippen molar-refractivity contribution in [2.45, 2.75) is 238 Å².